The maximum absolute atomic E-state index is 11.3. The van der Waals surface area contributed by atoms with E-state index >= 15 is 0 Å². The van der Waals surface area contributed by atoms with Crippen LogP contribution in [0.5, 0.6) is 23.0 Å². The van der Waals surface area contributed by atoms with Gasteiger partial charge in [0.2, 0.25) is 0 Å². The first kappa shape index (κ1) is 24.3. The molecule has 0 heterocycles. The lowest BCUT2D eigenvalue weighted by atomic mass is 10.1. The Bertz CT molecular complexity index is 1040. The first-order valence-corrected chi connectivity index (χ1v) is 10.7. The molecule has 0 amide bonds. The molecule has 34 heavy (non-hydrogen) atoms. The van der Waals surface area contributed by atoms with Crippen LogP contribution >= 0.6 is 0 Å². The Kier molecular flexibility index (Phi) is 9.05. The van der Waals surface area contributed by atoms with E-state index in [-0.39, 0.29) is 13.2 Å². The maximum Gasteiger partial charge on any atom is 0.172 e. The van der Waals surface area contributed by atoms with E-state index in [1.807, 2.05) is 24.3 Å². The van der Waals surface area contributed by atoms with Gasteiger partial charge in [0, 0.05) is 0 Å². The molecule has 0 aliphatic carbocycles. The molecular formula is C28H26O6. The third kappa shape index (κ3) is 6.36. The Labute approximate surface area is 199 Å². The van der Waals surface area contributed by atoms with Gasteiger partial charge in [0.05, 0.1) is 11.1 Å². The van der Waals surface area contributed by atoms with Gasteiger partial charge in [-0.2, -0.15) is 0 Å². The molecule has 0 aromatic heterocycles. The first-order chi connectivity index (χ1) is 16.7. The Morgan fingerprint density at radius 1 is 0.588 bits per heavy atom. The summed E-state index contributed by atoms with van der Waals surface area (Å²) in [5, 5.41) is 0. The average Bonchev–Trinajstić information content (AvgIpc) is 2.88. The molecule has 3 aromatic carbocycles. The van der Waals surface area contributed by atoms with Crippen LogP contribution < -0.4 is 18.9 Å². The van der Waals surface area contributed by atoms with E-state index in [0.717, 1.165) is 23.7 Å². The van der Waals surface area contributed by atoms with Crippen molar-refractivity contribution in [1.29, 1.82) is 0 Å². The fourth-order valence-electron chi connectivity index (χ4n) is 3.13. The smallest absolute Gasteiger partial charge is 0.172 e. The van der Waals surface area contributed by atoms with Crippen LogP contribution in [0.1, 0.15) is 31.8 Å². The number of hydrogen-bond donors (Lipinski definition) is 0. The maximum atomic E-state index is 11.3. The lowest BCUT2D eigenvalue weighted by Gasteiger charge is -2.14. The third-order valence-corrected chi connectivity index (χ3v) is 4.78. The second-order valence-electron chi connectivity index (χ2n) is 7.18. The van der Waals surface area contributed by atoms with Crippen LogP contribution in [0.4, 0.5) is 0 Å². The van der Waals surface area contributed by atoms with Crippen LogP contribution in [0, 0.1) is 0 Å². The summed E-state index contributed by atoms with van der Waals surface area (Å²) in [5.74, 6) is 1.77. The monoisotopic (exact) mass is 458 g/mol. The molecule has 0 saturated carbocycles. The van der Waals surface area contributed by atoms with E-state index in [1.165, 1.54) is 0 Å². The summed E-state index contributed by atoms with van der Waals surface area (Å²) in [5.41, 5.74) is 2.71. The zero-order valence-corrected chi connectivity index (χ0v) is 18.8. The van der Waals surface area contributed by atoms with Gasteiger partial charge in [-0.3, -0.25) is 9.59 Å². The van der Waals surface area contributed by atoms with Crippen LogP contribution in [-0.4, -0.2) is 25.8 Å². The number of carbonyl (C=O) groups is 2. The van der Waals surface area contributed by atoms with Gasteiger partial charge >= 0.3 is 0 Å². The van der Waals surface area contributed by atoms with Crippen LogP contribution in [0.2, 0.25) is 0 Å². The number of ether oxygens (including phenoxy) is 4. The normalized spacial score (nSPS) is 10.1. The summed E-state index contributed by atoms with van der Waals surface area (Å²) in [7, 11) is 0. The second kappa shape index (κ2) is 12.6. The summed E-state index contributed by atoms with van der Waals surface area (Å²) in [4.78, 5) is 22.6. The number of para-hydroxylation sites is 2. The SMILES string of the molecule is C=CCOc1c(C=O)cccc1OCc1ccc(COc2cccc(C=O)c2OCC=C)cc1. The van der Waals surface area contributed by atoms with Gasteiger partial charge in [0.25, 0.3) is 0 Å². The minimum absolute atomic E-state index is 0.270. The molecule has 3 rings (SSSR count). The molecule has 0 N–H and O–H groups in total. The lowest BCUT2D eigenvalue weighted by molar-refractivity contribution is 0.111. The Morgan fingerprint density at radius 3 is 1.35 bits per heavy atom. The van der Waals surface area contributed by atoms with Crippen LogP contribution in [0.3, 0.4) is 0 Å². The van der Waals surface area contributed by atoms with Crippen molar-refractivity contribution in [3.05, 3.63) is 108 Å². The lowest BCUT2D eigenvalue weighted by Crippen LogP contribution is -2.03. The molecular weight excluding hydrogens is 432 g/mol. The van der Waals surface area contributed by atoms with Gasteiger partial charge in [0.1, 0.15) is 26.4 Å². The molecule has 0 fully saturated rings. The van der Waals surface area contributed by atoms with Gasteiger partial charge in [-0.05, 0) is 35.4 Å². The Morgan fingerprint density at radius 2 is 1.00 bits per heavy atom. The molecule has 0 aliphatic rings. The van der Waals surface area contributed by atoms with Crippen molar-refractivity contribution >= 4 is 12.6 Å². The van der Waals surface area contributed by atoms with Gasteiger partial charge in [-0.25, -0.2) is 0 Å². The minimum atomic E-state index is 0.270. The molecule has 174 valence electrons. The highest BCUT2D eigenvalue weighted by atomic mass is 16.5. The zero-order valence-electron chi connectivity index (χ0n) is 18.8. The topological polar surface area (TPSA) is 71.1 Å². The van der Waals surface area contributed by atoms with E-state index in [2.05, 4.69) is 13.2 Å². The second-order valence-corrected chi connectivity index (χ2v) is 7.18. The molecule has 0 saturated heterocycles. The molecule has 6 heteroatoms. The summed E-state index contributed by atoms with van der Waals surface area (Å²) in [6, 6.07) is 18.1. The minimum Gasteiger partial charge on any atom is -0.485 e. The van der Waals surface area contributed by atoms with Crippen LogP contribution in [0.25, 0.3) is 0 Å². The molecule has 3 aromatic rings. The van der Waals surface area contributed by atoms with Gasteiger partial charge in [-0.15, -0.1) is 0 Å². The highest BCUT2D eigenvalue weighted by Crippen LogP contribution is 2.32. The number of hydrogen-bond acceptors (Lipinski definition) is 6. The van der Waals surface area contributed by atoms with E-state index in [4.69, 9.17) is 18.9 Å². The Balaban J connectivity index is 1.64. The van der Waals surface area contributed by atoms with Crippen LogP contribution in [-0.2, 0) is 13.2 Å². The fourth-order valence-corrected chi connectivity index (χ4v) is 3.13. The number of aldehydes is 2. The highest BCUT2D eigenvalue weighted by Gasteiger charge is 2.12. The van der Waals surface area contributed by atoms with E-state index in [9.17, 15) is 9.59 Å². The largest absolute Gasteiger partial charge is 0.485 e. The summed E-state index contributed by atoms with van der Waals surface area (Å²) < 4.78 is 23.0. The van der Waals surface area contributed by atoms with Crippen molar-refractivity contribution in [3.63, 3.8) is 0 Å². The van der Waals surface area contributed by atoms with E-state index in [0.29, 0.717) is 47.3 Å². The number of carbonyl (C=O) groups excluding carboxylic acids is 2. The third-order valence-electron chi connectivity index (χ3n) is 4.78. The fraction of sp³-hybridized carbons (Fsp3) is 0.143. The van der Waals surface area contributed by atoms with Crippen molar-refractivity contribution in [3.8, 4) is 23.0 Å². The van der Waals surface area contributed by atoms with E-state index < -0.39 is 0 Å². The van der Waals surface area contributed by atoms with Crippen LogP contribution in [0.15, 0.2) is 86.0 Å². The quantitative estimate of drug-likeness (QED) is 0.231. The summed E-state index contributed by atoms with van der Waals surface area (Å²) >= 11 is 0. The van der Waals surface area contributed by atoms with Gasteiger partial charge in [-0.1, -0.05) is 61.7 Å². The molecule has 0 unspecified atom stereocenters. The van der Waals surface area contributed by atoms with Crippen molar-refractivity contribution in [2.75, 3.05) is 13.2 Å². The molecule has 0 atom stereocenters. The molecule has 0 spiro atoms. The standard InChI is InChI=1S/C28H26O6/c1-3-15-31-27-23(17-29)7-5-9-25(27)33-19-21-11-13-22(14-12-21)20-34-26-10-6-8-24(18-30)28(26)32-16-4-2/h3-14,17-18H,1-2,15-16,19-20H2. The first-order valence-electron chi connectivity index (χ1n) is 10.7. The zero-order chi connectivity index (χ0) is 24.2. The Hall–Kier alpha value is -4.32. The van der Waals surface area contributed by atoms with Gasteiger partial charge < -0.3 is 18.9 Å². The highest BCUT2D eigenvalue weighted by molar-refractivity contribution is 5.81. The molecule has 0 aliphatic heterocycles. The van der Waals surface area contributed by atoms with Crippen molar-refractivity contribution in [1.82, 2.24) is 0 Å². The van der Waals surface area contributed by atoms with Crippen molar-refractivity contribution in [2.45, 2.75) is 13.2 Å². The molecule has 0 bridgehead atoms. The number of benzene rings is 3. The summed E-state index contributed by atoms with van der Waals surface area (Å²) in [6.07, 6.45) is 4.68. The predicted molar refractivity (Wildman–Crippen MR) is 130 cm³/mol. The van der Waals surface area contributed by atoms with E-state index in [1.54, 1.807) is 48.6 Å². The summed E-state index contributed by atoms with van der Waals surface area (Å²) in [6.45, 7) is 8.41. The number of rotatable bonds is 14. The average molecular weight is 459 g/mol. The molecule has 6 nitrogen and oxygen atoms in total. The van der Waals surface area contributed by atoms with Gasteiger partial charge in [0.15, 0.2) is 35.6 Å². The predicted octanol–water partition coefficient (Wildman–Crippen LogP) is 5.60. The van der Waals surface area contributed by atoms with Crippen molar-refractivity contribution in [2.24, 2.45) is 0 Å². The van der Waals surface area contributed by atoms with Crippen molar-refractivity contribution < 1.29 is 28.5 Å². The molecule has 0 radical (unpaired) electrons.